The fraction of sp³-hybridized carbons (Fsp3) is 0.692. The van der Waals surface area contributed by atoms with Gasteiger partial charge in [0.25, 0.3) is 0 Å². The fourth-order valence-electron chi connectivity index (χ4n) is 2.62. The standard InChI is InChI=1S/C13H18N2O3S/c1-18-7-8-4-5-15(6-8)13-14-10(9-2-3-9)11(19-13)12(16)17/h8-9H,2-7H2,1H3,(H,16,17). The van der Waals surface area contributed by atoms with Gasteiger partial charge in [0.2, 0.25) is 0 Å². The molecule has 6 heteroatoms. The number of anilines is 1. The molecular weight excluding hydrogens is 264 g/mol. The summed E-state index contributed by atoms with van der Waals surface area (Å²) in [6, 6.07) is 0. The van der Waals surface area contributed by atoms with Gasteiger partial charge in [-0.05, 0) is 19.3 Å². The average Bonchev–Trinajstić information content (AvgIpc) is 2.95. The molecule has 1 saturated carbocycles. The van der Waals surface area contributed by atoms with E-state index in [1.165, 1.54) is 11.3 Å². The molecule has 0 radical (unpaired) electrons. The number of methoxy groups -OCH3 is 1. The number of rotatable bonds is 5. The van der Waals surface area contributed by atoms with E-state index < -0.39 is 5.97 Å². The molecular formula is C13H18N2O3S. The Balaban J connectivity index is 1.78. The van der Waals surface area contributed by atoms with Crippen LogP contribution in [0.25, 0.3) is 0 Å². The van der Waals surface area contributed by atoms with Gasteiger partial charge < -0.3 is 14.7 Å². The van der Waals surface area contributed by atoms with E-state index in [0.29, 0.717) is 16.7 Å². The number of thiazole rings is 1. The van der Waals surface area contributed by atoms with Crippen LogP contribution in [-0.4, -0.2) is 42.9 Å². The summed E-state index contributed by atoms with van der Waals surface area (Å²) in [5.74, 6) is 0.0818. The highest BCUT2D eigenvalue weighted by atomic mass is 32.1. The second-order valence-electron chi connectivity index (χ2n) is 5.35. The average molecular weight is 282 g/mol. The van der Waals surface area contributed by atoms with Gasteiger partial charge >= 0.3 is 5.97 Å². The number of ether oxygens (including phenoxy) is 1. The summed E-state index contributed by atoms with van der Waals surface area (Å²) in [6.07, 6.45) is 3.25. The summed E-state index contributed by atoms with van der Waals surface area (Å²) >= 11 is 1.33. The van der Waals surface area contributed by atoms with Gasteiger partial charge in [0.1, 0.15) is 4.88 Å². The van der Waals surface area contributed by atoms with Crippen molar-refractivity contribution in [3.8, 4) is 0 Å². The Hall–Kier alpha value is -1.14. The molecule has 1 aromatic heterocycles. The van der Waals surface area contributed by atoms with Gasteiger partial charge in [-0.2, -0.15) is 0 Å². The Kier molecular flexibility index (Phi) is 3.45. The summed E-state index contributed by atoms with van der Waals surface area (Å²) in [7, 11) is 1.72. The SMILES string of the molecule is COCC1CCN(c2nc(C3CC3)c(C(=O)O)s2)C1. The second-order valence-corrected chi connectivity index (χ2v) is 6.32. The largest absolute Gasteiger partial charge is 0.477 e. The van der Waals surface area contributed by atoms with Crippen molar-refractivity contribution in [1.29, 1.82) is 0 Å². The van der Waals surface area contributed by atoms with Crippen LogP contribution in [0.3, 0.4) is 0 Å². The van der Waals surface area contributed by atoms with E-state index in [2.05, 4.69) is 9.88 Å². The summed E-state index contributed by atoms with van der Waals surface area (Å²) < 4.78 is 5.19. The number of carboxylic acids is 1. The maximum atomic E-state index is 11.3. The lowest BCUT2D eigenvalue weighted by atomic mass is 10.1. The van der Waals surface area contributed by atoms with Crippen LogP contribution < -0.4 is 4.90 Å². The molecule has 0 bridgehead atoms. The molecule has 1 saturated heterocycles. The van der Waals surface area contributed by atoms with Crippen molar-refractivity contribution in [2.24, 2.45) is 5.92 Å². The third kappa shape index (κ3) is 2.60. The van der Waals surface area contributed by atoms with Crippen LogP contribution in [0.15, 0.2) is 0 Å². The Labute approximate surface area is 116 Å². The Morgan fingerprint density at radius 3 is 2.95 bits per heavy atom. The number of hydrogen-bond donors (Lipinski definition) is 1. The Morgan fingerprint density at radius 1 is 1.53 bits per heavy atom. The van der Waals surface area contributed by atoms with Crippen LogP contribution in [0.2, 0.25) is 0 Å². The van der Waals surface area contributed by atoms with E-state index >= 15 is 0 Å². The summed E-state index contributed by atoms with van der Waals surface area (Å²) in [5.41, 5.74) is 0.808. The summed E-state index contributed by atoms with van der Waals surface area (Å²) in [5, 5.41) is 10.1. The van der Waals surface area contributed by atoms with Crippen LogP contribution in [0.5, 0.6) is 0 Å². The van der Waals surface area contributed by atoms with Crippen molar-refractivity contribution < 1.29 is 14.6 Å². The quantitative estimate of drug-likeness (QED) is 0.897. The predicted octanol–water partition coefficient (Wildman–Crippen LogP) is 2.19. The van der Waals surface area contributed by atoms with E-state index in [9.17, 15) is 9.90 Å². The van der Waals surface area contributed by atoms with Gasteiger partial charge in [-0.1, -0.05) is 11.3 Å². The van der Waals surface area contributed by atoms with Gasteiger partial charge in [0.15, 0.2) is 5.13 Å². The number of nitrogens with zero attached hydrogens (tertiary/aromatic N) is 2. The van der Waals surface area contributed by atoms with E-state index in [0.717, 1.165) is 49.8 Å². The topological polar surface area (TPSA) is 62.7 Å². The molecule has 1 aliphatic carbocycles. The molecule has 1 N–H and O–H groups in total. The van der Waals surface area contributed by atoms with Gasteiger partial charge in [-0.15, -0.1) is 0 Å². The first kappa shape index (κ1) is 12.9. The molecule has 1 unspecified atom stereocenters. The maximum Gasteiger partial charge on any atom is 0.347 e. The van der Waals surface area contributed by atoms with E-state index in [1.807, 2.05) is 0 Å². The van der Waals surface area contributed by atoms with Gasteiger partial charge in [-0.25, -0.2) is 9.78 Å². The lowest BCUT2D eigenvalue weighted by Crippen LogP contribution is -2.20. The molecule has 1 aromatic rings. The van der Waals surface area contributed by atoms with Crippen LogP contribution >= 0.6 is 11.3 Å². The lowest BCUT2D eigenvalue weighted by Gasteiger charge is -2.14. The number of hydrogen-bond acceptors (Lipinski definition) is 5. The molecule has 19 heavy (non-hydrogen) atoms. The minimum Gasteiger partial charge on any atom is -0.477 e. The minimum absolute atomic E-state index is 0.383. The van der Waals surface area contributed by atoms with Crippen molar-refractivity contribution in [2.45, 2.75) is 25.2 Å². The molecule has 2 heterocycles. The molecule has 3 rings (SSSR count). The van der Waals surface area contributed by atoms with Gasteiger partial charge in [0, 0.05) is 32.0 Å². The normalized spacial score (nSPS) is 23.0. The van der Waals surface area contributed by atoms with Crippen molar-refractivity contribution in [3.63, 3.8) is 0 Å². The predicted molar refractivity (Wildman–Crippen MR) is 73.2 cm³/mol. The minimum atomic E-state index is -0.835. The molecule has 0 amide bonds. The lowest BCUT2D eigenvalue weighted by molar-refractivity contribution is 0.0700. The number of carboxylic acid groups (broad SMARTS) is 1. The van der Waals surface area contributed by atoms with Crippen molar-refractivity contribution in [3.05, 3.63) is 10.6 Å². The first-order chi connectivity index (χ1) is 9.19. The number of aromatic carboxylic acids is 1. The van der Waals surface area contributed by atoms with Crippen LogP contribution in [0.4, 0.5) is 5.13 Å². The first-order valence-corrected chi connectivity index (χ1v) is 7.48. The highest BCUT2D eigenvalue weighted by molar-refractivity contribution is 7.17. The third-order valence-electron chi connectivity index (χ3n) is 3.76. The molecule has 0 aromatic carbocycles. The maximum absolute atomic E-state index is 11.3. The van der Waals surface area contributed by atoms with Crippen LogP contribution in [0, 0.1) is 5.92 Å². The molecule has 2 aliphatic rings. The van der Waals surface area contributed by atoms with Crippen LogP contribution in [0.1, 0.15) is 40.5 Å². The molecule has 1 aliphatic heterocycles. The highest BCUT2D eigenvalue weighted by Gasteiger charge is 2.34. The molecule has 1 atom stereocenters. The molecule has 2 fully saturated rings. The van der Waals surface area contributed by atoms with Crippen LogP contribution in [-0.2, 0) is 4.74 Å². The van der Waals surface area contributed by atoms with E-state index in [1.54, 1.807) is 7.11 Å². The van der Waals surface area contributed by atoms with E-state index in [4.69, 9.17) is 4.74 Å². The fourth-order valence-corrected chi connectivity index (χ4v) is 3.65. The summed E-state index contributed by atoms with van der Waals surface area (Å²) in [6.45, 7) is 2.64. The number of aromatic nitrogens is 1. The second kappa shape index (κ2) is 5.09. The zero-order valence-electron chi connectivity index (χ0n) is 11.0. The zero-order valence-corrected chi connectivity index (χ0v) is 11.8. The Bertz CT molecular complexity index is 484. The summed E-state index contributed by atoms with van der Waals surface area (Å²) in [4.78, 5) is 18.5. The highest BCUT2D eigenvalue weighted by Crippen LogP contribution is 2.44. The van der Waals surface area contributed by atoms with Crippen molar-refractivity contribution in [1.82, 2.24) is 4.98 Å². The van der Waals surface area contributed by atoms with Crippen molar-refractivity contribution in [2.75, 3.05) is 31.7 Å². The zero-order chi connectivity index (χ0) is 13.4. The van der Waals surface area contributed by atoms with Gasteiger partial charge in [-0.3, -0.25) is 0 Å². The number of carbonyl (C=O) groups is 1. The Morgan fingerprint density at radius 2 is 2.32 bits per heavy atom. The molecule has 5 nitrogen and oxygen atoms in total. The monoisotopic (exact) mass is 282 g/mol. The first-order valence-electron chi connectivity index (χ1n) is 6.67. The van der Waals surface area contributed by atoms with E-state index in [-0.39, 0.29) is 0 Å². The van der Waals surface area contributed by atoms with Gasteiger partial charge in [0.05, 0.1) is 12.3 Å². The smallest absolute Gasteiger partial charge is 0.347 e. The molecule has 104 valence electrons. The molecule has 0 spiro atoms. The van der Waals surface area contributed by atoms with Crippen molar-refractivity contribution >= 4 is 22.4 Å². The third-order valence-corrected chi connectivity index (χ3v) is 4.88.